The lowest BCUT2D eigenvalue weighted by Gasteiger charge is -2.15. The van der Waals surface area contributed by atoms with Gasteiger partial charge in [0.25, 0.3) is 0 Å². The Kier molecular flexibility index (Phi) is 6.73. The van der Waals surface area contributed by atoms with E-state index in [1.54, 1.807) is 0 Å². The fourth-order valence-electron chi connectivity index (χ4n) is 7.86. The molecule has 0 amide bonds. The fourth-order valence-corrected chi connectivity index (χ4v) is 7.86. The summed E-state index contributed by atoms with van der Waals surface area (Å²) in [7, 11) is 0. The minimum absolute atomic E-state index is 0.909. The molecule has 2 N–H and O–H groups in total. The van der Waals surface area contributed by atoms with Crippen LogP contribution in [0.3, 0.4) is 0 Å². The van der Waals surface area contributed by atoms with E-state index in [1.165, 1.54) is 54.9 Å². The number of hydrogen-bond donors (Lipinski definition) is 2. The van der Waals surface area contributed by atoms with E-state index in [0.29, 0.717) is 0 Å². The van der Waals surface area contributed by atoms with Crippen LogP contribution >= 0.6 is 0 Å². The second-order valence-electron chi connectivity index (χ2n) is 13.4. The first-order valence-electron chi connectivity index (χ1n) is 17.5. The third kappa shape index (κ3) is 4.83. The molecule has 4 aliphatic carbocycles. The van der Waals surface area contributed by atoms with Gasteiger partial charge >= 0.3 is 0 Å². The van der Waals surface area contributed by atoms with Gasteiger partial charge < -0.3 is 9.97 Å². The number of imidazole rings is 2. The van der Waals surface area contributed by atoms with Crippen LogP contribution in [0.15, 0.2) is 146 Å². The zero-order valence-electron chi connectivity index (χ0n) is 27.6. The van der Waals surface area contributed by atoms with Gasteiger partial charge in [-0.25, -0.2) is 9.97 Å². The van der Waals surface area contributed by atoms with Crippen LogP contribution in [0.4, 0.5) is 0 Å². The van der Waals surface area contributed by atoms with Crippen LogP contribution in [0.25, 0.3) is 77.9 Å². The van der Waals surface area contributed by atoms with Crippen molar-refractivity contribution in [3.63, 3.8) is 0 Å². The number of rotatable bonds is 4. The van der Waals surface area contributed by atoms with Gasteiger partial charge in [-0.15, -0.1) is 0 Å². The Hall–Kier alpha value is -6.26. The minimum Gasteiger partial charge on any atom is -0.337 e. The highest BCUT2D eigenvalue weighted by Crippen LogP contribution is 2.38. The Morgan fingerprint density at radius 2 is 0.940 bits per heavy atom. The third-order valence-corrected chi connectivity index (χ3v) is 10.4. The number of nitrogens with one attached hydrogen (secondary N) is 2. The monoisotopic (exact) mass is 642 g/mol. The molecule has 238 valence electrons. The van der Waals surface area contributed by atoms with Gasteiger partial charge in [0.1, 0.15) is 11.6 Å². The highest BCUT2D eigenvalue weighted by Gasteiger charge is 2.20. The van der Waals surface area contributed by atoms with E-state index in [4.69, 9.17) is 9.97 Å². The molecule has 0 unspecified atom stereocenters. The first-order chi connectivity index (χ1) is 24.8. The van der Waals surface area contributed by atoms with Gasteiger partial charge in [-0.1, -0.05) is 133 Å². The van der Waals surface area contributed by atoms with Crippen LogP contribution in [0.5, 0.6) is 0 Å². The van der Waals surface area contributed by atoms with Gasteiger partial charge in [-0.05, 0) is 70.8 Å². The summed E-state index contributed by atoms with van der Waals surface area (Å²) in [4.78, 5) is 18.2. The number of aromatic amines is 2. The Labute approximate surface area is 290 Å². The Balaban J connectivity index is 1.06. The number of aromatic nitrogens is 4. The van der Waals surface area contributed by atoms with E-state index in [2.05, 4.69) is 156 Å². The van der Waals surface area contributed by atoms with Gasteiger partial charge in [0.2, 0.25) is 0 Å². The molecule has 4 bridgehead atoms. The molecule has 4 nitrogen and oxygen atoms in total. The number of benzene rings is 7. The molecule has 0 saturated carbocycles. The number of fused-ring (bicyclic) bond motifs is 6. The van der Waals surface area contributed by atoms with E-state index in [-0.39, 0.29) is 0 Å². The highest BCUT2D eigenvalue weighted by atomic mass is 14.9. The Bertz CT molecular complexity index is 2570. The van der Waals surface area contributed by atoms with Crippen LogP contribution in [-0.4, -0.2) is 19.9 Å². The average molecular weight is 643 g/mol. The molecule has 0 fully saturated rings. The number of hydrogen-bond acceptors (Lipinski definition) is 2. The lowest BCUT2D eigenvalue weighted by Crippen LogP contribution is -2.03. The minimum atomic E-state index is 0.909. The lowest BCUT2D eigenvalue weighted by molar-refractivity contribution is 0.921. The van der Waals surface area contributed by atoms with Gasteiger partial charge in [-0.3, -0.25) is 0 Å². The summed E-state index contributed by atoms with van der Waals surface area (Å²) in [5, 5.41) is 4.89. The van der Waals surface area contributed by atoms with Crippen molar-refractivity contribution in [2.24, 2.45) is 0 Å². The maximum atomic E-state index is 5.32. The second kappa shape index (κ2) is 11.7. The molecule has 9 aromatic rings. The molecule has 4 heteroatoms. The van der Waals surface area contributed by atoms with E-state index in [1.807, 2.05) is 0 Å². The largest absolute Gasteiger partial charge is 0.337 e. The molecule has 2 aromatic heterocycles. The molecule has 7 aromatic carbocycles. The molecule has 50 heavy (non-hydrogen) atoms. The maximum Gasteiger partial charge on any atom is 0.138 e. The zero-order chi connectivity index (χ0) is 33.0. The van der Waals surface area contributed by atoms with Gasteiger partial charge in [0, 0.05) is 33.0 Å². The molecule has 0 aliphatic heterocycles. The zero-order valence-corrected chi connectivity index (χ0v) is 27.6. The Morgan fingerprint density at radius 1 is 0.420 bits per heavy atom. The molecule has 0 radical (unpaired) electrons. The predicted octanol–water partition coefficient (Wildman–Crippen LogP) is 11.1. The van der Waals surface area contributed by atoms with Crippen molar-refractivity contribution in [2.75, 3.05) is 0 Å². The van der Waals surface area contributed by atoms with E-state index >= 15 is 0 Å². The molecule has 2 heterocycles. The molecular weight excluding hydrogens is 609 g/mol. The average Bonchev–Trinajstić information content (AvgIpc) is 3.83. The highest BCUT2D eigenvalue weighted by molar-refractivity contribution is 6.23. The topological polar surface area (TPSA) is 57.4 Å². The van der Waals surface area contributed by atoms with Gasteiger partial charge in [-0.2, -0.15) is 0 Å². The smallest absolute Gasteiger partial charge is 0.138 e. The molecule has 4 aliphatic rings. The first kappa shape index (κ1) is 28.7. The first-order valence-corrected chi connectivity index (χ1v) is 17.5. The molecule has 0 saturated heterocycles. The maximum absolute atomic E-state index is 5.32. The summed E-state index contributed by atoms with van der Waals surface area (Å²) < 4.78 is 0. The van der Waals surface area contributed by atoms with Crippen LogP contribution in [0, 0.1) is 0 Å². The van der Waals surface area contributed by atoms with Crippen molar-refractivity contribution in [3.05, 3.63) is 168 Å². The summed E-state index contributed by atoms with van der Waals surface area (Å²) >= 11 is 0. The summed E-state index contributed by atoms with van der Waals surface area (Å²) in [5.74, 6) is 1.87. The standard InChI is InChI=1S/C46H34N4/c1-3-11-33(12-4-1)41-42(34-13-5-2-6-14-34)48-45(47-41)39-27-29-19-23-31(39)24-20-30-22-26-32(25-21-29)40(28-30)46-49-43-37-17-9-7-15-35(37)36-16-8-10-18-38(36)44(43)50-46/h1-19,22-23,26-28H,20-21,24-25H2,(H,47,48)(H,49,50). The number of nitrogens with zero attached hydrogens (tertiary/aromatic N) is 2. The summed E-state index contributed by atoms with van der Waals surface area (Å²) in [6, 6.07) is 52.4. The lowest BCUT2D eigenvalue weighted by atomic mass is 9.91. The van der Waals surface area contributed by atoms with Crippen molar-refractivity contribution in [1.82, 2.24) is 19.9 Å². The summed E-state index contributed by atoms with van der Waals surface area (Å²) in [6.07, 6.45) is 3.66. The molecule has 0 atom stereocenters. The SMILES string of the molecule is c1ccc(-c2nc(-c3cc4ccc3CCc3ccc(c(-c5nc6c7ccccc7c7ccccc7c6[nH]5)c3)CC4)[nH]c2-c2ccccc2)cc1. The third-order valence-electron chi connectivity index (χ3n) is 10.4. The van der Waals surface area contributed by atoms with Gasteiger partial charge in [0.15, 0.2) is 0 Å². The van der Waals surface area contributed by atoms with Crippen molar-refractivity contribution in [3.8, 4) is 45.3 Å². The quantitative estimate of drug-likeness (QED) is 0.188. The van der Waals surface area contributed by atoms with Crippen LogP contribution < -0.4 is 0 Å². The predicted molar refractivity (Wildman–Crippen MR) is 206 cm³/mol. The number of H-pyrrole nitrogens is 2. The normalized spacial score (nSPS) is 12.9. The molecule has 13 rings (SSSR count). The number of aryl methyl sites for hydroxylation is 4. The van der Waals surface area contributed by atoms with Crippen molar-refractivity contribution in [1.29, 1.82) is 0 Å². The van der Waals surface area contributed by atoms with E-state index in [0.717, 1.165) is 70.9 Å². The second-order valence-corrected chi connectivity index (χ2v) is 13.4. The van der Waals surface area contributed by atoms with Crippen molar-refractivity contribution in [2.45, 2.75) is 25.7 Å². The fraction of sp³-hybridized carbons (Fsp3) is 0.0870. The van der Waals surface area contributed by atoms with E-state index in [9.17, 15) is 0 Å². The van der Waals surface area contributed by atoms with Crippen LogP contribution in [0.2, 0.25) is 0 Å². The molecular formula is C46H34N4. The van der Waals surface area contributed by atoms with Crippen LogP contribution in [-0.2, 0) is 25.7 Å². The summed E-state index contributed by atoms with van der Waals surface area (Å²) in [6.45, 7) is 0. The van der Waals surface area contributed by atoms with Crippen LogP contribution in [0.1, 0.15) is 22.3 Å². The molecule has 0 spiro atoms. The van der Waals surface area contributed by atoms with E-state index < -0.39 is 0 Å². The van der Waals surface area contributed by atoms with Crippen molar-refractivity contribution < 1.29 is 0 Å². The van der Waals surface area contributed by atoms with Crippen molar-refractivity contribution >= 4 is 32.6 Å². The van der Waals surface area contributed by atoms with Gasteiger partial charge in [0.05, 0.1) is 22.4 Å². The Morgan fingerprint density at radius 3 is 1.58 bits per heavy atom. The summed E-state index contributed by atoms with van der Waals surface area (Å²) in [5.41, 5.74) is 14.0.